The SMILES string of the molecule is CCCC(=O)Nc1ccc(Cl)c(NC(=S)NC(=O)CC)c1. The lowest BCUT2D eigenvalue weighted by Gasteiger charge is -2.12. The number of nitrogens with one attached hydrogen (secondary N) is 3. The van der Waals surface area contributed by atoms with Crippen LogP contribution < -0.4 is 16.0 Å². The summed E-state index contributed by atoms with van der Waals surface area (Å²) in [5.74, 6) is -0.247. The molecule has 0 aliphatic carbocycles. The van der Waals surface area contributed by atoms with E-state index in [4.69, 9.17) is 23.8 Å². The molecule has 0 spiro atoms. The van der Waals surface area contributed by atoms with Crippen molar-refractivity contribution in [2.45, 2.75) is 33.1 Å². The van der Waals surface area contributed by atoms with Crippen molar-refractivity contribution in [2.75, 3.05) is 10.6 Å². The lowest BCUT2D eigenvalue weighted by atomic mass is 10.2. The van der Waals surface area contributed by atoms with Crippen LogP contribution in [0.2, 0.25) is 5.02 Å². The monoisotopic (exact) mass is 327 g/mol. The van der Waals surface area contributed by atoms with Crippen molar-refractivity contribution in [3.05, 3.63) is 23.2 Å². The lowest BCUT2D eigenvalue weighted by Crippen LogP contribution is -2.33. The van der Waals surface area contributed by atoms with Crippen LogP contribution in [0.3, 0.4) is 0 Å². The molecular weight excluding hydrogens is 310 g/mol. The quantitative estimate of drug-likeness (QED) is 0.726. The van der Waals surface area contributed by atoms with Gasteiger partial charge in [0.15, 0.2) is 5.11 Å². The molecular formula is C14H18ClN3O2S. The molecule has 7 heteroatoms. The van der Waals surface area contributed by atoms with E-state index in [1.807, 2.05) is 6.92 Å². The first-order valence-corrected chi connectivity index (χ1v) is 7.45. The van der Waals surface area contributed by atoms with Crippen LogP contribution in [-0.4, -0.2) is 16.9 Å². The predicted octanol–water partition coefficient (Wildman–Crippen LogP) is 3.30. The molecule has 0 atom stereocenters. The summed E-state index contributed by atoms with van der Waals surface area (Å²) >= 11 is 11.1. The minimum atomic E-state index is -0.184. The average Bonchev–Trinajstić information content (AvgIpc) is 2.42. The van der Waals surface area contributed by atoms with E-state index in [2.05, 4.69) is 16.0 Å². The molecule has 0 saturated heterocycles. The Morgan fingerprint density at radius 1 is 1.19 bits per heavy atom. The Hall–Kier alpha value is -1.66. The maximum absolute atomic E-state index is 11.6. The van der Waals surface area contributed by atoms with E-state index in [0.717, 1.165) is 6.42 Å². The van der Waals surface area contributed by atoms with Gasteiger partial charge < -0.3 is 16.0 Å². The molecule has 0 saturated carbocycles. The molecule has 1 rings (SSSR count). The van der Waals surface area contributed by atoms with Crippen LogP contribution in [0.15, 0.2) is 18.2 Å². The van der Waals surface area contributed by atoms with E-state index in [1.165, 1.54) is 0 Å². The summed E-state index contributed by atoms with van der Waals surface area (Å²) in [6.45, 7) is 3.66. The number of halogens is 1. The molecule has 3 N–H and O–H groups in total. The molecule has 5 nitrogen and oxygen atoms in total. The van der Waals surface area contributed by atoms with Gasteiger partial charge in [0.25, 0.3) is 0 Å². The average molecular weight is 328 g/mol. The summed E-state index contributed by atoms with van der Waals surface area (Å²) in [5, 5.41) is 8.73. The van der Waals surface area contributed by atoms with Gasteiger partial charge >= 0.3 is 0 Å². The zero-order valence-corrected chi connectivity index (χ0v) is 13.5. The number of hydrogen-bond acceptors (Lipinski definition) is 3. The number of rotatable bonds is 5. The van der Waals surface area contributed by atoms with Crippen LogP contribution in [0.5, 0.6) is 0 Å². The van der Waals surface area contributed by atoms with Crippen LogP contribution in [0, 0.1) is 0 Å². The number of carbonyl (C=O) groups is 2. The van der Waals surface area contributed by atoms with E-state index in [0.29, 0.717) is 29.2 Å². The van der Waals surface area contributed by atoms with Gasteiger partial charge in [-0.2, -0.15) is 0 Å². The van der Waals surface area contributed by atoms with Gasteiger partial charge in [-0.05, 0) is 36.8 Å². The van der Waals surface area contributed by atoms with Crippen LogP contribution >= 0.6 is 23.8 Å². The molecule has 0 aromatic heterocycles. The maximum atomic E-state index is 11.6. The Morgan fingerprint density at radius 3 is 2.52 bits per heavy atom. The number of anilines is 2. The summed E-state index contributed by atoms with van der Waals surface area (Å²) in [6.07, 6.45) is 1.57. The maximum Gasteiger partial charge on any atom is 0.225 e. The van der Waals surface area contributed by atoms with E-state index >= 15 is 0 Å². The van der Waals surface area contributed by atoms with Crippen molar-refractivity contribution in [2.24, 2.45) is 0 Å². The third-order valence-electron chi connectivity index (χ3n) is 2.55. The first-order chi connectivity index (χ1) is 9.96. The van der Waals surface area contributed by atoms with E-state index in [1.54, 1.807) is 25.1 Å². The highest BCUT2D eigenvalue weighted by Crippen LogP contribution is 2.25. The minimum Gasteiger partial charge on any atom is -0.331 e. The largest absolute Gasteiger partial charge is 0.331 e. The molecule has 2 amide bonds. The molecule has 21 heavy (non-hydrogen) atoms. The first-order valence-electron chi connectivity index (χ1n) is 6.66. The molecule has 114 valence electrons. The third-order valence-corrected chi connectivity index (χ3v) is 3.08. The summed E-state index contributed by atoms with van der Waals surface area (Å²) < 4.78 is 0. The van der Waals surface area contributed by atoms with Gasteiger partial charge in [-0.1, -0.05) is 25.4 Å². The molecule has 0 unspecified atom stereocenters. The molecule has 0 bridgehead atoms. The van der Waals surface area contributed by atoms with Crippen molar-refractivity contribution >= 4 is 52.1 Å². The third kappa shape index (κ3) is 6.10. The Balaban J connectivity index is 2.75. The van der Waals surface area contributed by atoms with Gasteiger partial charge in [0.05, 0.1) is 10.7 Å². The van der Waals surface area contributed by atoms with Crippen molar-refractivity contribution in [3.63, 3.8) is 0 Å². The number of hydrogen-bond donors (Lipinski definition) is 3. The zero-order valence-electron chi connectivity index (χ0n) is 12.0. The van der Waals surface area contributed by atoms with Crippen molar-refractivity contribution in [1.82, 2.24) is 5.32 Å². The highest BCUT2D eigenvalue weighted by Gasteiger charge is 2.08. The Bertz CT molecular complexity index is 549. The highest BCUT2D eigenvalue weighted by atomic mass is 35.5. The van der Waals surface area contributed by atoms with Crippen molar-refractivity contribution < 1.29 is 9.59 Å². The summed E-state index contributed by atoms with van der Waals surface area (Å²) in [4.78, 5) is 22.8. The molecule has 0 aliphatic rings. The van der Waals surface area contributed by atoms with Gasteiger partial charge in [0.1, 0.15) is 0 Å². The van der Waals surface area contributed by atoms with Gasteiger partial charge in [-0.15, -0.1) is 0 Å². The molecule has 0 aliphatic heterocycles. The fourth-order valence-corrected chi connectivity index (χ4v) is 1.91. The summed E-state index contributed by atoms with van der Waals surface area (Å²) in [6, 6.07) is 5.02. The fourth-order valence-electron chi connectivity index (χ4n) is 1.52. The van der Waals surface area contributed by atoms with Gasteiger partial charge in [-0.3, -0.25) is 9.59 Å². The molecule has 1 aromatic rings. The number of carbonyl (C=O) groups excluding carboxylic acids is 2. The van der Waals surface area contributed by atoms with Gasteiger partial charge in [0, 0.05) is 18.5 Å². The van der Waals surface area contributed by atoms with Gasteiger partial charge in [-0.25, -0.2) is 0 Å². The zero-order chi connectivity index (χ0) is 15.8. The number of benzene rings is 1. The molecule has 1 aromatic carbocycles. The molecule has 0 heterocycles. The van der Waals surface area contributed by atoms with Gasteiger partial charge in [0.2, 0.25) is 11.8 Å². The summed E-state index contributed by atoms with van der Waals surface area (Å²) in [5.41, 5.74) is 1.14. The Kier molecular flexibility index (Phi) is 7.11. The van der Waals surface area contributed by atoms with Crippen molar-refractivity contribution in [1.29, 1.82) is 0 Å². The van der Waals surface area contributed by atoms with E-state index < -0.39 is 0 Å². The van der Waals surface area contributed by atoms with Crippen LogP contribution in [0.4, 0.5) is 11.4 Å². The smallest absolute Gasteiger partial charge is 0.225 e. The van der Waals surface area contributed by atoms with Crippen molar-refractivity contribution in [3.8, 4) is 0 Å². The standard InChI is InChI=1S/C14H18ClN3O2S/c1-3-5-13(20)16-9-6-7-10(15)11(8-9)17-14(21)18-12(19)4-2/h6-8H,3-5H2,1-2H3,(H,16,20)(H2,17,18,19,21). The van der Waals surface area contributed by atoms with Crippen LogP contribution in [0.1, 0.15) is 33.1 Å². The van der Waals surface area contributed by atoms with Crippen LogP contribution in [0.25, 0.3) is 0 Å². The van der Waals surface area contributed by atoms with Crippen LogP contribution in [-0.2, 0) is 9.59 Å². The minimum absolute atomic E-state index is 0.0624. The number of amides is 2. The highest BCUT2D eigenvalue weighted by molar-refractivity contribution is 7.80. The second-order valence-electron chi connectivity index (χ2n) is 4.35. The second kappa shape index (κ2) is 8.59. The molecule has 0 fully saturated rings. The lowest BCUT2D eigenvalue weighted by molar-refractivity contribution is -0.119. The topological polar surface area (TPSA) is 70.2 Å². The fraction of sp³-hybridized carbons (Fsp3) is 0.357. The molecule has 0 radical (unpaired) electrons. The van der Waals surface area contributed by atoms with E-state index in [9.17, 15) is 9.59 Å². The Morgan fingerprint density at radius 2 is 1.90 bits per heavy atom. The normalized spacial score (nSPS) is 9.86. The second-order valence-corrected chi connectivity index (χ2v) is 5.16. The Labute approximate surface area is 134 Å². The summed E-state index contributed by atoms with van der Waals surface area (Å²) in [7, 11) is 0. The van der Waals surface area contributed by atoms with E-state index in [-0.39, 0.29) is 16.9 Å². The number of thiocarbonyl (C=S) groups is 1. The predicted molar refractivity (Wildman–Crippen MR) is 89.6 cm³/mol. The first kappa shape index (κ1) is 17.4.